The van der Waals surface area contributed by atoms with E-state index >= 15 is 0 Å². The Labute approximate surface area is 166 Å². The number of piperidine rings is 1. The van der Waals surface area contributed by atoms with E-state index in [1.807, 2.05) is 0 Å². The van der Waals surface area contributed by atoms with Crippen LogP contribution < -0.4 is 15.8 Å². The molecular formula is C20H17N5O4. The average Bonchev–Trinajstić information content (AvgIpc) is 3.03. The molecule has 1 unspecified atom stereocenters. The standard InChI is InChI=1S/C20H17N5O4/c1-29-15-8-23-18(22)13(7-21)17(15)10-2-3-12-11(6-10)9-25(20(12)28)14-4-5-16(26)24-19(14)27/h2-3,6,8,14H,4-5,9H2,1H3,(H2,22,23)(H,24,26,27). The minimum atomic E-state index is -0.683. The molecule has 0 spiro atoms. The first-order valence-corrected chi connectivity index (χ1v) is 8.95. The molecule has 0 aliphatic carbocycles. The van der Waals surface area contributed by atoms with Gasteiger partial charge in [-0.1, -0.05) is 6.07 Å². The molecule has 3 heterocycles. The first-order valence-electron chi connectivity index (χ1n) is 8.95. The minimum Gasteiger partial charge on any atom is -0.494 e. The summed E-state index contributed by atoms with van der Waals surface area (Å²) >= 11 is 0. The van der Waals surface area contributed by atoms with Gasteiger partial charge >= 0.3 is 0 Å². The molecule has 1 aromatic heterocycles. The lowest BCUT2D eigenvalue weighted by Crippen LogP contribution is -2.52. The lowest BCUT2D eigenvalue weighted by atomic mass is 9.97. The van der Waals surface area contributed by atoms with Crippen LogP contribution in [0.15, 0.2) is 24.4 Å². The maximum Gasteiger partial charge on any atom is 0.255 e. The fourth-order valence-corrected chi connectivity index (χ4v) is 3.79. The van der Waals surface area contributed by atoms with Gasteiger partial charge in [-0.05, 0) is 29.7 Å². The summed E-state index contributed by atoms with van der Waals surface area (Å²) in [5.41, 5.74) is 8.40. The van der Waals surface area contributed by atoms with E-state index in [1.165, 1.54) is 18.2 Å². The van der Waals surface area contributed by atoms with Crippen molar-refractivity contribution in [2.45, 2.75) is 25.4 Å². The number of nitrogen functional groups attached to an aromatic ring is 1. The van der Waals surface area contributed by atoms with Gasteiger partial charge in [0, 0.05) is 24.1 Å². The van der Waals surface area contributed by atoms with Crippen LogP contribution in [0.25, 0.3) is 11.1 Å². The monoisotopic (exact) mass is 391 g/mol. The van der Waals surface area contributed by atoms with Crippen LogP contribution in [0.1, 0.15) is 34.3 Å². The molecule has 1 aromatic carbocycles. The highest BCUT2D eigenvalue weighted by Crippen LogP contribution is 2.37. The van der Waals surface area contributed by atoms with Crippen LogP contribution in [0.3, 0.4) is 0 Å². The van der Waals surface area contributed by atoms with Gasteiger partial charge in [0.15, 0.2) is 0 Å². The zero-order valence-electron chi connectivity index (χ0n) is 15.6. The number of amides is 3. The normalized spacial score (nSPS) is 18.3. The van der Waals surface area contributed by atoms with E-state index in [1.54, 1.807) is 18.2 Å². The number of ether oxygens (including phenoxy) is 1. The summed E-state index contributed by atoms with van der Waals surface area (Å²) in [6, 6.07) is 6.53. The van der Waals surface area contributed by atoms with Crippen LogP contribution in [0.4, 0.5) is 5.82 Å². The Balaban J connectivity index is 1.73. The van der Waals surface area contributed by atoms with Crippen molar-refractivity contribution in [3.05, 3.63) is 41.1 Å². The van der Waals surface area contributed by atoms with Crippen LogP contribution in [-0.2, 0) is 16.1 Å². The van der Waals surface area contributed by atoms with Gasteiger partial charge < -0.3 is 15.4 Å². The summed E-state index contributed by atoms with van der Waals surface area (Å²) in [5, 5.41) is 11.8. The largest absolute Gasteiger partial charge is 0.494 e. The number of hydrogen-bond donors (Lipinski definition) is 2. The maximum absolute atomic E-state index is 12.8. The highest BCUT2D eigenvalue weighted by molar-refractivity contribution is 6.05. The van der Waals surface area contributed by atoms with Crippen molar-refractivity contribution in [2.75, 3.05) is 12.8 Å². The molecule has 1 saturated heterocycles. The number of fused-ring (bicyclic) bond motifs is 1. The van der Waals surface area contributed by atoms with E-state index < -0.39 is 11.9 Å². The van der Waals surface area contributed by atoms with Gasteiger partial charge in [0.05, 0.1) is 13.3 Å². The number of hydrogen-bond acceptors (Lipinski definition) is 7. The van der Waals surface area contributed by atoms with Crippen molar-refractivity contribution in [1.82, 2.24) is 15.2 Å². The third kappa shape index (κ3) is 2.95. The van der Waals surface area contributed by atoms with Crippen LogP contribution in [0, 0.1) is 11.3 Å². The van der Waals surface area contributed by atoms with Crippen molar-refractivity contribution >= 4 is 23.5 Å². The predicted molar refractivity (Wildman–Crippen MR) is 101 cm³/mol. The van der Waals surface area contributed by atoms with E-state index in [2.05, 4.69) is 16.4 Å². The van der Waals surface area contributed by atoms with Crippen LogP contribution in [-0.4, -0.2) is 40.8 Å². The molecule has 9 nitrogen and oxygen atoms in total. The molecule has 1 fully saturated rings. The number of nitrogens with zero attached hydrogens (tertiary/aromatic N) is 3. The Morgan fingerprint density at radius 3 is 2.83 bits per heavy atom. The molecule has 2 aliphatic heterocycles. The quantitative estimate of drug-likeness (QED) is 0.743. The first kappa shape index (κ1) is 18.4. The summed E-state index contributed by atoms with van der Waals surface area (Å²) in [5.74, 6) is -0.572. The summed E-state index contributed by atoms with van der Waals surface area (Å²) in [7, 11) is 1.47. The number of carbonyl (C=O) groups excluding carboxylic acids is 3. The number of nitrogens with one attached hydrogen (secondary N) is 1. The number of carbonyl (C=O) groups is 3. The summed E-state index contributed by atoms with van der Waals surface area (Å²) in [6.45, 7) is 0.235. The predicted octanol–water partition coefficient (Wildman–Crippen LogP) is 0.972. The van der Waals surface area contributed by atoms with Gasteiger partial charge in [-0.2, -0.15) is 5.26 Å². The van der Waals surface area contributed by atoms with Crippen LogP contribution >= 0.6 is 0 Å². The lowest BCUT2D eigenvalue weighted by Gasteiger charge is -2.29. The topological polar surface area (TPSA) is 138 Å². The van der Waals surface area contributed by atoms with Crippen LogP contribution in [0.2, 0.25) is 0 Å². The Morgan fingerprint density at radius 1 is 1.34 bits per heavy atom. The number of nitriles is 1. The fraction of sp³-hybridized carbons (Fsp3) is 0.250. The van der Waals surface area contributed by atoms with E-state index in [-0.39, 0.29) is 36.2 Å². The fourth-order valence-electron chi connectivity index (χ4n) is 3.79. The minimum absolute atomic E-state index is 0.0880. The molecule has 146 valence electrons. The number of nitrogens with two attached hydrogens (primary N) is 1. The first-order chi connectivity index (χ1) is 13.9. The van der Waals surface area contributed by atoms with Gasteiger partial charge in [0.1, 0.15) is 29.2 Å². The summed E-state index contributed by atoms with van der Waals surface area (Å²) < 4.78 is 5.35. The third-order valence-corrected chi connectivity index (χ3v) is 5.22. The summed E-state index contributed by atoms with van der Waals surface area (Å²) in [6.07, 6.45) is 1.94. The highest BCUT2D eigenvalue weighted by atomic mass is 16.5. The number of pyridine rings is 1. The Hall–Kier alpha value is -3.93. The van der Waals surface area contributed by atoms with E-state index in [0.717, 1.165) is 5.56 Å². The number of benzene rings is 1. The average molecular weight is 391 g/mol. The van der Waals surface area contributed by atoms with Gasteiger partial charge in [0.25, 0.3) is 5.91 Å². The molecule has 3 amide bonds. The molecule has 0 bridgehead atoms. The van der Waals surface area contributed by atoms with Crippen molar-refractivity contribution in [3.8, 4) is 22.9 Å². The Kier molecular flexibility index (Phi) is 4.39. The number of methoxy groups -OCH3 is 1. The number of aromatic nitrogens is 1. The number of rotatable bonds is 3. The summed E-state index contributed by atoms with van der Waals surface area (Å²) in [4.78, 5) is 41.8. The number of imide groups is 1. The molecular weight excluding hydrogens is 374 g/mol. The molecule has 1 atom stereocenters. The van der Waals surface area contributed by atoms with Gasteiger partial charge in [-0.3, -0.25) is 19.7 Å². The second-order valence-corrected chi connectivity index (χ2v) is 6.85. The van der Waals surface area contributed by atoms with Crippen molar-refractivity contribution in [2.24, 2.45) is 0 Å². The van der Waals surface area contributed by atoms with Gasteiger partial charge in [-0.25, -0.2) is 4.98 Å². The smallest absolute Gasteiger partial charge is 0.255 e. The van der Waals surface area contributed by atoms with Crippen molar-refractivity contribution < 1.29 is 19.1 Å². The highest BCUT2D eigenvalue weighted by Gasteiger charge is 2.39. The van der Waals surface area contributed by atoms with Gasteiger partial charge in [-0.15, -0.1) is 0 Å². The molecule has 29 heavy (non-hydrogen) atoms. The molecule has 0 radical (unpaired) electrons. The van der Waals surface area contributed by atoms with Gasteiger partial charge in [0.2, 0.25) is 11.8 Å². The number of anilines is 1. The molecule has 4 rings (SSSR count). The lowest BCUT2D eigenvalue weighted by molar-refractivity contribution is -0.136. The zero-order chi connectivity index (χ0) is 20.7. The van der Waals surface area contributed by atoms with Crippen molar-refractivity contribution in [1.29, 1.82) is 5.26 Å². The Morgan fingerprint density at radius 2 is 2.14 bits per heavy atom. The maximum atomic E-state index is 12.8. The van der Waals surface area contributed by atoms with E-state index in [4.69, 9.17) is 10.5 Å². The molecule has 3 N–H and O–H groups in total. The molecule has 2 aliphatic rings. The van der Waals surface area contributed by atoms with E-state index in [9.17, 15) is 19.6 Å². The molecule has 0 saturated carbocycles. The second kappa shape index (κ2) is 6.91. The molecule has 9 heteroatoms. The third-order valence-electron chi connectivity index (χ3n) is 5.22. The van der Waals surface area contributed by atoms with Crippen molar-refractivity contribution in [3.63, 3.8) is 0 Å². The SMILES string of the molecule is COc1cnc(N)c(C#N)c1-c1ccc2c(c1)CN(C1CCC(=O)NC1=O)C2=O. The Bertz CT molecular complexity index is 1100. The molecule has 2 aromatic rings. The second-order valence-electron chi connectivity index (χ2n) is 6.85. The van der Waals surface area contributed by atoms with E-state index in [0.29, 0.717) is 28.9 Å². The zero-order valence-corrected chi connectivity index (χ0v) is 15.6. The van der Waals surface area contributed by atoms with Crippen LogP contribution in [0.5, 0.6) is 5.75 Å².